The number of imidazole rings is 1. The number of halogens is 1. The van der Waals surface area contributed by atoms with Crippen LogP contribution in [-0.2, 0) is 7.05 Å². The van der Waals surface area contributed by atoms with Gasteiger partial charge in [0.25, 0.3) is 0 Å². The maximum Gasteiger partial charge on any atom is 0.201 e. The summed E-state index contributed by atoms with van der Waals surface area (Å²) in [7, 11) is 1.91. The van der Waals surface area contributed by atoms with Crippen molar-refractivity contribution >= 4 is 21.9 Å². The fourth-order valence-electron chi connectivity index (χ4n) is 1.59. The van der Waals surface area contributed by atoms with Crippen molar-refractivity contribution in [3.63, 3.8) is 0 Å². The molecule has 78 valence electrons. The normalized spacial score (nSPS) is 10.6. The molecule has 0 saturated heterocycles. The van der Waals surface area contributed by atoms with E-state index in [-0.39, 0.29) is 0 Å². The second kappa shape index (κ2) is 3.70. The molecule has 0 bridgehead atoms. The van der Waals surface area contributed by atoms with Crippen LogP contribution in [-0.4, -0.2) is 9.55 Å². The van der Waals surface area contributed by atoms with Crippen molar-refractivity contribution in [2.45, 2.75) is 6.92 Å². The molecule has 0 aliphatic carbocycles. The molecule has 2 aromatic rings. The highest BCUT2D eigenvalue weighted by molar-refractivity contribution is 9.10. The van der Waals surface area contributed by atoms with Crippen molar-refractivity contribution in [2.24, 2.45) is 7.05 Å². The van der Waals surface area contributed by atoms with Crippen LogP contribution in [0.15, 0.2) is 28.9 Å². The van der Waals surface area contributed by atoms with Crippen LogP contribution in [0.2, 0.25) is 0 Å². The summed E-state index contributed by atoms with van der Waals surface area (Å²) in [5.74, 6) is 0.512. The highest BCUT2D eigenvalue weighted by Gasteiger charge is 2.12. The van der Waals surface area contributed by atoms with Gasteiger partial charge in [-0.25, -0.2) is 4.98 Å². The Morgan fingerprint density at radius 2 is 2.13 bits per heavy atom. The maximum absolute atomic E-state index is 5.74. The van der Waals surface area contributed by atoms with Crippen LogP contribution in [0, 0.1) is 6.92 Å². The quantitative estimate of drug-likeness (QED) is 0.862. The molecule has 0 saturated carbocycles. The molecule has 2 rings (SSSR count). The summed E-state index contributed by atoms with van der Waals surface area (Å²) in [6.07, 6.45) is 0. The number of benzene rings is 1. The van der Waals surface area contributed by atoms with Gasteiger partial charge in [0.2, 0.25) is 5.95 Å². The number of aryl methyl sites for hydroxylation is 1. The second-order valence-corrected chi connectivity index (χ2v) is 4.29. The SMILES string of the molecule is Cc1cccc(-c2c(Br)nc(N)n2C)c1. The zero-order chi connectivity index (χ0) is 11.0. The van der Waals surface area contributed by atoms with E-state index in [2.05, 4.69) is 40.0 Å². The first kappa shape index (κ1) is 10.2. The van der Waals surface area contributed by atoms with E-state index in [1.165, 1.54) is 5.56 Å². The largest absolute Gasteiger partial charge is 0.369 e. The number of anilines is 1. The minimum Gasteiger partial charge on any atom is -0.369 e. The molecule has 0 aliphatic rings. The highest BCUT2D eigenvalue weighted by Crippen LogP contribution is 2.29. The van der Waals surface area contributed by atoms with Gasteiger partial charge in [-0.2, -0.15) is 0 Å². The van der Waals surface area contributed by atoms with Crippen LogP contribution < -0.4 is 5.73 Å². The molecule has 1 aromatic heterocycles. The molecule has 4 heteroatoms. The first-order chi connectivity index (χ1) is 7.09. The lowest BCUT2D eigenvalue weighted by molar-refractivity contribution is 0.938. The van der Waals surface area contributed by atoms with Gasteiger partial charge < -0.3 is 10.3 Å². The van der Waals surface area contributed by atoms with Gasteiger partial charge in [0.15, 0.2) is 0 Å². The lowest BCUT2D eigenvalue weighted by atomic mass is 10.1. The lowest BCUT2D eigenvalue weighted by Crippen LogP contribution is -1.98. The van der Waals surface area contributed by atoms with E-state index in [4.69, 9.17) is 5.73 Å². The minimum atomic E-state index is 0.512. The van der Waals surface area contributed by atoms with Crippen molar-refractivity contribution in [3.8, 4) is 11.3 Å². The lowest BCUT2D eigenvalue weighted by Gasteiger charge is -2.05. The fraction of sp³-hybridized carbons (Fsp3) is 0.182. The molecule has 0 unspecified atom stereocenters. The van der Waals surface area contributed by atoms with Gasteiger partial charge in [-0.1, -0.05) is 23.8 Å². The smallest absolute Gasteiger partial charge is 0.201 e. The molecule has 0 aliphatic heterocycles. The number of hydrogen-bond acceptors (Lipinski definition) is 2. The fourth-order valence-corrected chi connectivity index (χ4v) is 2.26. The summed E-state index contributed by atoms with van der Waals surface area (Å²) in [4.78, 5) is 4.17. The number of aromatic nitrogens is 2. The minimum absolute atomic E-state index is 0.512. The van der Waals surface area contributed by atoms with Crippen molar-refractivity contribution in [2.75, 3.05) is 5.73 Å². The van der Waals surface area contributed by atoms with E-state index in [9.17, 15) is 0 Å². The third kappa shape index (κ3) is 1.77. The standard InChI is InChI=1S/C11H12BrN3/c1-7-4-3-5-8(6-7)9-10(12)14-11(13)15(9)2/h3-6H,1-2H3,(H2,13,14). The highest BCUT2D eigenvalue weighted by atomic mass is 79.9. The zero-order valence-corrected chi connectivity index (χ0v) is 10.2. The van der Waals surface area contributed by atoms with Crippen molar-refractivity contribution < 1.29 is 0 Å². The summed E-state index contributed by atoms with van der Waals surface area (Å²) in [6, 6.07) is 8.26. The van der Waals surface area contributed by atoms with Gasteiger partial charge in [0.05, 0.1) is 5.69 Å². The molecule has 0 atom stereocenters. The van der Waals surface area contributed by atoms with Gasteiger partial charge in [0.1, 0.15) is 4.60 Å². The van der Waals surface area contributed by atoms with Gasteiger partial charge in [-0.3, -0.25) is 0 Å². The Hall–Kier alpha value is -1.29. The van der Waals surface area contributed by atoms with Crippen molar-refractivity contribution in [1.29, 1.82) is 0 Å². The van der Waals surface area contributed by atoms with Crippen LogP contribution in [0.1, 0.15) is 5.56 Å². The molecule has 1 heterocycles. The Bertz CT molecular complexity index is 503. The Kier molecular flexibility index (Phi) is 2.52. The average Bonchev–Trinajstić information content (AvgIpc) is 2.41. The average molecular weight is 266 g/mol. The van der Waals surface area contributed by atoms with Crippen LogP contribution in [0.25, 0.3) is 11.3 Å². The second-order valence-electron chi connectivity index (χ2n) is 3.54. The van der Waals surface area contributed by atoms with E-state index < -0.39 is 0 Å². The van der Waals surface area contributed by atoms with Crippen LogP contribution in [0.3, 0.4) is 0 Å². The molecule has 0 radical (unpaired) electrons. The molecule has 1 aromatic carbocycles. The van der Waals surface area contributed by atoms with E-state index >= 15 is 0 Å². The summed E-state index contributed by atoms with van der Waals surface area (Å²) >= 11 is 3.42. The number of hydrogen-bond donors (Lipinski definition) is 1. The molecular weight excluding hydrogens is 254 g/mol. The zero-order valence-electron chi connectivity index (χ0n) is 8.66. The van der Waals surface area contributed by atoms with Crippen LogP contribution >= 0.6 is 15.9 Å². The maximum atomic E-state index is 5.74. The third-order valence-electron chi connectivity index (χ3n) is 2.38. The van der Waals surface area contributed by atoms with Gasteiger partial charge >= 0.3 is 0 Å². The third-order valence-corrected chi connectivity index (χ3v) is 2.93. The van der Waals surface area contributed by atoms with Crippen molar-refractivity contribution in [3.05, 3.63) is 34.4 Å². The number of nitrogens with zero attached hydrogens (tertiary/aromatic N) is 2. The van der Waals surface area contributed by atoms with Gasteiger partial charge in [-0.05, 0) is 28.9 Å². The summed E-state index contributed by atoms with van der Waals surface area (Å²) < 4.78 is 2.66. The van der Waals surface area contributed by atoms with E-state index in [1.807, 2.05) is 23.7 Å². The molecule has 0 amide bonds. The van der Waals surface area contributed by atoms with Gasteiger partial charge in [-0.15, -0.1) is 0 Å². The number of rotatable bonds is 1. The summed E-state index contributed by atoms with van der Waals surface area (Å²) in [5.41, 5.74) is 9.09. The van der Waals surface area contributed by atoms with Crippen LogP contribution in [0.5, 0.6) is 0 Å². The summed E-state index contributed by atoms with van der Waals surface area (Å²) in [6.45, 7) is 2.07. The van der Waals surface area contributed by atoms with E-state index in [1.54, 1.807) is 0 Å². The first-order valence-electron chi connectivity index (χ1n) is 4.64. The van der Waals surface area contributed by atoms with Gasteiger partial charge in [0, 0.05) is 12.6 Å². The topological polar surface area (TPSA) is 43.8 Å². The molecule has 15 heavy (non-hydrogen) atoms. The summed E-state index contributed by atoms with van der Waals surface area (Å²) in [5, 5.41) is 0. The predicted octanol–water partition coefficient (Wildman–Crippen LogP) is 2.74. The predicted molar refractivity (Wildman–Crippen MR) is 65.5 cm³/mol. The Morgan fingerprint density at radius 1 is 1.40 bits per heavy atom. The molecule has 2 N–H and O–H groups in total. The Morgan fingerprint density at radius 3 is 2.67 bits per heavy atom. The molecular formula is C11H12BrN3. The van der Waals surface area contributed by atoms with Crippen molar-refractivity contribution in [1.82, 2.24) is 9.55 Å². The Labute approximate surface area is 97.1 Å². The number of nitrogen functional groups attached to an aromatic ring is 1. The molecule has 0 fully saturated rings. The Balaban J connectivity index is 2.63. The van der Waals surface area contributed by atoms with Crippen LogP contribution in [0.4, 0.5) is 5.95 Å². The van der Waals surface area contributed by atoms with E-state index in [0.717, 1.165) is 15.9 Å². The molecule has 0 spiro atoms. The number of nitrogens with two attached hydrogens (primary N) is 1. The monoisotopic (exact) mass is 265 g/mol. The molecule has 3 nitrogen and oxygen atoms in total. The first-order valence-corrected chi connectivity index (χ1v) is 5.43. The van der Waals surface area contributed by atoms with E-state index in [0.29, 0.717) is 5.95 Å².